The van der Waals surface area contributed by atoms with Crippen molar-refractivity contribution >= 4 is 42.7 Å². The molecule has 5 rings (SSSR count). The number of anilines is 1. The summed E-state index contributed by atoms with van der Waals surface area (Å²) in [7, 11) is -3.52. The monoisotopic (exact) mass is 565 g/mol. The fourth-order valence-electron chi connectivity index (χ4n) is 4.45. The summed E-state index contributed by atoms with van der Waals surface area (Å²) >= 11 is 3.36. The van der Waals surface area contributed by atoms with Crippen LogP contribution in [0.15, 0.2) is 88.2 Å². The normalized spacial score (nSPS) is 16.2. The smallest absolute Gasteiger partial charge is 0.243 e. The predicted octanol–water partition coefficient (Wildman–Crippen LogP) is 5.07. The maximum absolute atomic E-state index is 13.1. The number of nitrogens with zero attached hydrogens (tertiary/aromatic N) is 4. The molecule has 186 valence electrons. The molecule has 1 saturated heterocycles. The molecule has 2 heterocycles. The zero-order valence-electron chi connectivity index (χ0n) is 20.0. The van der Waals surface area contributed by atoms with Crippen molar-refractivity contribution in [1.82, 2.24) is 19.2 Å². The molecule has 0 spiro atoms. The molecule has 0 saturated carbocycles. The lowest BCUT2D eigenvalue weighted by molar-refractivity contribution is 0.141. The van der Waals surface area contributed by atoms with E-state index in [0.717, 1.165) is 27.0 Å². The van der Waals surface area contributed by atoms with Gasteiger partial charge in [-0.05, 0) is 48.9 Å². The quantitative estimate of drug-likeness (QED) is 0.337. The minimum absolute atomic E-state index is 0.0515. The van der Waals surface area contributed by atoms with E-state index in [2.05, 4.69) is 45.2 Å². The highest BCUT2D eigenvalue weighted by atomic mass is 79.9. The third-order valence-electron chi connectivity index (χ3n) is 6.57. The van der Waals surface area contributed by atoms with Gasteiger partial charge in [-0.3, -0.25) is 4.90 Å². The van der Waals surface area contributed by atoms with Crippen LogP contribution in [0.5, 0.6) is 0 Å². The number of hydrogen-bond donors (Lipinski definition) is 1. The van der Waals surface area contributed by atoms with Crippen molar-refractivity contribution in [3.8, 4) is 0 Å². The van der Waals surface area contributed by atoms with E-state index in [-0.39, 0.29) is 6.04 Å². The van der Waals surface area contributed by atoms with Gasteiger partial charge in [0.2, 0.25) is 10.0 Å². The van der Waals surface area contributed by atoms with Gasteiger partial charge >= 0.3 is 0 Å². The van der Waals surface area contributed by atoms with Crippen LogP contribution in [-0.4, -0.2) is 53.8 Å². The van der Waals surface area contributed by atoms with Crippen LogP contribution >= 0.6 is 15.9 Å². The Balaban J connectivity index is 1.32. The molecule has 7 nitrogen and oxygen atoms in total. The fraction of sp³-hybridized carbons (Fsp3) is 0.259. The number of fused-ring (bicyclic) bond motifs is 1. The fourth-order valence-corrected chi connectivity index (χ4v) is 6.13. The number of hydrogen-bond acceptors (Lipinski definition) is 6. The van der Waals surface area contributed by atoms with Gasteiger partial charge in [0.25, 0.3) is 0 Å². The Morgan fingerprint density at radius 3 is 2.28 bits per heavy atom. The number of rotatable bonds is 7. The van der Waals surface area contributed by atoms with Crippen molar-refractivity contribution in [3.05, 3.63) is 94.7 Å². The van der Waals surface area contributed by atoms with Gasteiger partial charge in [0.1, 0.15) is 11.6 Å². The van der Waals surface area contributed by atoms with Crippen molar-refractivity contribution in [2.75, 3.05) is 31.5 Å². The third kappa shape index (κ3) is 5.29. The van der Waals surface area contributed by atoms with Gasteiger partial charge in [0.05, 0.1) is 16.5 Å². The Bertz CT molecular complexity index is 1440. The molecule has 0 amide bonds. The first-order valence-corrected chi connectivity index (χ1v) is 14.2. The number of nitrogens with one attached hydrogen (secondary N) is 1. The Morgan fingerprint density at radius 1 is 0.889 bits per heavy atom. The van der Waals surface area contributed by atoms with Gasteiger partial charge in [-0.25, -0.2) is 18.4 Å². The molecule has 3 aromatic carbocycles. The van der Waals surface area contributed by atoms with Crippen molar-refractivity contribution in [2.45, 2.75) is 24.4 Å². The van der Waals surface area contributed by atoms with Crippen LogP contribution in [0.2, 0.25) is 0 Å². The second kappa shape index (κ2) is 10.6. The average Bonchev–Trinajstić information content (AvgIpc) is 2.92. The minimum Gasteiger partial charge on any atom is -0.365 e. The maximum atomic E-state index is 13.1. The average molecular weight is 567 g/mol. The molecular formula is C27H28BrN5O2S. The van der Waals surface area contributed by atoms with E-state index in [1.165, 1.54) is 5.56 Å². The number of sulfonamides is 1. The van der Waals surface area contributed by atoms with E-state index in [1.807, 2.05) is 42.5 Å². The van der Waals surface area contributed by atoms with Crippen LogP contribution in [0.1, 0.15) is 24.4 Å². The van der Waals surface area contributed by atoms with Gasteiger partial charge in [-0.1, -0.05) is 58.4 Å². The standard InChI is InChI=1S/C27H28BrN5O2S/c1-20(32-15-17-33(18-16-32)36(34,35)23-13-11-22(28)12-14-23)26-30-25-10-6-5-9-24(25)27(31-26)29-19-21-7-3-2-4-8-21/h2-14,20H,15-19H2,1H3,(H,29,30,31). The highest BCUT2D eigenvalue weighted by Crippen LogP contribution is 2.27. The first-order chi connectivity index (χ1) is 17.4. The Labute approximate surface area is 220 Å². The summed E-state index contributed by atoms with van der Waals surface area (Å²) in [6.45, 7) is 4.83. The largest absolute Gasteiger partial charge is 0.365 e. The van der Waals surface area contributed by atoms with Crippen LogP contribution in [0, 0.1) is 0 Å². The lowest BCUT2D eigenvalue weighted by Crippen LogP contribution is -2.49. The molecule has 1 aliphatic rings. The lowest BCUT2D eigenvalue weighted by atomic mass is 10.2. The number of benzene rings is 3. The summed E-state index contributed by atoms with van der Waals surface area (Å²) in [5.74, 6) is 1.54. The SMILES string of the molecule is CC(c1nc(NCc2ccccc2)c2ccccc2n1)N1CCN(S(=O)(=O)c2ccc(Br)cc2)CC1. The summed E-state index contributed by atoms with van der Waals surface area (Å²) in [6, 6.07) is 25.0. The second-order valence-electron chi connectivity index (χ2n) is 8.86. The molecule has 0 bridgehead atoms. The first-order valence-electron chi connectivity index (χ1n) is 12.0. The predicted molar refractivity (Wildman–Crippen MR) is 146 cm³/mol. The molecule has 9 heteroatoms. The lowest BCUT2D eigenvalue weighted by Gasteiger charge is -2.36. The number of para-hydroxylation sites is 1. The minimum atomic E-state index is -3.52. The topological polar surface area (TPSA) is 78.4 Å². The van der Waals surface area contributed by atoms with Crippen molar-refractivity contribution in [3.63, 3.8) is 0 Å². The zero-order valence-corrected chi connectivity index (χ0v) is 22.4. The summed E-state index contributed by atoms with van der Waals surface area (Å²) in [5.41, 5.74) is 2.07. The van der Waals surface area contributed by atoms with Crippen LogP contribution in [0.25, 0.3) is 10.9 Å². The summed E-state index contributed by atoms with van der Waals surface area (Å²) in [5, 5.41) is 4.47. The van der Waals surface area contributed by atoms with Gasteiger partial charge in [0.15, 0.2) is 0 Å². The van der Waals surface area contributed by atoms with Gasteiger partial charge in [-0.15, -0.1) is 0 Å². The van der Waals surface area contributed by atoms with E-state index in [4.69, 9.17) is 9.97 Å². The highest BCUT2D eigenvalue weighted by Gasteiger charge is 2.31. The molecule has 1 aliphatic heterocycles. The summed E-state index contributed by atoms with van der Waals surface area (Å²) in [4.78, 5) is 12.3. The molecule has 36 heavy (non-hydrogen) atoms. The first kappa shape index (κ1) is 24.8. The maximum Gasteiger partial charge on any atom is 0.243 e. The third-order valence-corrected chi connectivity index (χ3v) is 9.01. The number of halogens is 1. The molecule has 4 aromatic rings. The van der Waals surface area contributed by atoms with E-state index < -0.39 is 10.0 Å². The Kier molecular flexibility index (Phi) is 7.34. The van der Waals surface area contributed by atoms with Gasteiger partial charge in [0, 0.05) is 42.6 Å². The van der Waals surface area contributed by atoms with E-state index in [0.29, 0.717) is 37.6 Å². The van der Waals surface area contributed by atoms with Crippen LogP contribution in [-0.2, 0) is 16.6 Å². The van der Waals surface area contributed by atoms with Crippen molar-refractivity contribution < 1.29 is 8.42 Å². The zero-order chi connectivity index (χ0) is 25.1. The van der Waals surface area contributed by atoms with Crippen LogP contribution < -0.4 is 5.32 Å². The summed E-state index contributed by atoms with van der Waals surface area (Å²) < 4.78 is 28.6. The van der Waals surface area contributed by atoms with Crippen molar-refractivity contribution in [2.24, 2.45) is 0 Å². The van der Waals surface area contributed by atoms with E-state index in [9.17, 15) is 8.42 Å². The second-order valence-corrected chi connectivity index (χ2v) is 11.7. The molecule has 1 fully saturated rings. The number of piperazine rings is 1. The molecule has 0 aliphatic carbocycles. The highest BCUT2D eigenvalue weighted by molar-refractivity contribution is 9.10. The van der Waals surface area contributed by atoms with E-state index >= 15 is 0 Å². The summed E-state index contributed by atoms with van der Waals surface area (Å²) in [6.07, 6.45) is 0. The molecule has 1 N–H and O–H groups in total. The Hall–Kier alpha value is -2.85. The number of aromatic nitrogens is 2. The molecule has 1 aromatic heterocycles. The molecule has 0 radical (unpaired) electrons. The molecule has 1 unspecified atom stereocenters. The van der Waals surface area contributed by atoms with Crippen LogP contribution in [0.3, 0.4) is 0 Å². The molecule has 1 atom stereocenters. The van der Waals surface area contributed by atoms with Gasteiger partial charge in [-0.2, -0.15) is 4.31 Å². The van der Waals surface area contributed by atoms with Gasteiger partial charge < -0.3 is 5.32 Å². The Morgan fingerprint density at radius 2 is 1.56 bits per heavy atom. The van der Waals surface area contributed by atoms with E-state index in [1.54, 1.807) is 28.6 Å². The van der Waals surface area contributed by atoms with Crippen LogP contribution in [0.4, 0.5) is 5.82 Å². The van der Waals surface area contributed by atoms with Crippen molar-refractivity contribution in [1.29, 1.82) is 0 Å². The molecular weight excluding hydrogens is 538 g/mol.